The Morgan fingerprint density at radius 1 is 1.36 bits per heavy atom. The summed E-state index contributed by atoms with van der Waals surface area (Å²) in [5.74, 6) is 1.03. The Hall–Kier alpha value is -1.38. The van der Waals surface area contributed by atoms with E-state index in [1.54, 1.807) is 6.20 Å². The minimum absolute atomic E-state index is 0.844. The minimum Gasteiger partial charge on any atom is -0.327 e. The van der Waals surface area contributed by atoms with Crippen molar-refractivity contribution < 1.29 is 0 Å². The van der Waals surface area contributed by atoms with E-state index in [2.05, 4.69) is 21.5 Å². The first-order valence-electron chi connectivity index (χ1n) is 5.10. The highest BCUT2D eigenvalue weighted by Gasteiger charge is 2.04. The number of aromatic nitrogens is 3. The molecular formula is C11H17N3. The molecule has 0 saturated carbocycles. The van der Waals surface area contributed by atoms with E-state index in [-0.39, 0.29) is 0 Å². The molecule has 76 valence electrons. The largest absolute Gasteiger partial charge is 0.327 e. The normalized spacial score (nSPS) is 9.71. The zero-order chi connectivity index (χ0) is 10.6. The van der Waals surface area contributed by atoms with Gasteiger partial charge in [0.05, 0.1) is 5.52 Å². The monoisotopic (exact) mass is 191 g/mol. The quantitative estimate of drug-likeness (QED) is 0.694. The molecule has 2 aromatic heterocycles. The summed E-state index contributed by atoms with van der Waals surface area (Å²) in [6.07, 6.45) is 1.77. The first-order chi connectivity index (χ1) is 6.83. The Morgan fingerprint density at radius 2 is 2.07 bits per heavy atom. The zero-order valence-electron chi connectivity index (χ0n) is 9.28. The lowest BCUT2D eigenvalue weighted by Gasteiger charge is -1.99. The fourth-order valence-electron chi connectivity index (χ4n) is 1.47. The molecule has 14 heavy (non-hydrogen) atoms. The van der Waals surface area contributed by atoms with Crippen molar-refractivity contribution in [2.75, 3.05) is 0 Å². The van der Waals surface area contributed by atoms with Crippen LogP contribution in [0.2, 0.25) is 0 Å². The molecule has 2 rings (SSSR count). The predicted molar refractivity (Wildman–Crippen MR) is 59.3 cm³/mol. The van der Waals surface area contributed by atoms with Gasteiger partial charge >= 0.3 is 0 Å². The molecule has 0 aliphatic heterocycles. The van der Waals surface area contributed by atoms with Crippen molar-refractivity contribution >= 4 is 11.2 Å². The SMILES string of the molecule is CC.CCn1c(C)nc2ncccc21. The Morgan fingerprint density at radius 3 is 2.71 bits per heavy atom. The molecule has 3 nitrogen and oxygen atoms in total. The Kier molecular flexibility index (Phi) is 3.63. The summed E-state index contributed by atoms with van der Waals surface area (Å²) in [5, 5.41) is 0. The fraction of sp³-hybridized carbons (Fsp3) is 0.455. The molecule has 3 heteroatoms. The van der Waals surface area contributed by atoms with Crippen molar-refractivity contribution in [1.82, 2.24) is 14.5 Å². The van der Waals surface area contributed by atoms with E-state index < -0.39 is 0 Å². The molecule has 0 bridgehead atoms. The lowest BCUT2D eigenvalue weighted by Crippen LogP contribution is -1.95. The summed E-state index contributed by atoms with van der Waals surface area (Å²) >= 11 is 0. The van der Waals surface area contributed by atoms with Crippen LogP contribution in [0.3, 0.4) is 0 Å². The van der Waals surface area contributed by atoms with Crippen LogP contribution in [-0.2, 0) is 6.54 Å². The lowest BCUT2D eigenvalue weighted by molar-refractivity contribution is 0.753. The van der Waals surface area contributed by atoms with Gasteiger partial charge in [0.2, 0.25) is 0 Å². The zero-order valence-corrected chi connectivity index (χ0v) is 9.28. The molecule has 0 radical (unpaired) electrons. The van der Waals surface area contributed by atoms with Gasteiger partial charge in [0, 0.05) is 12.7 Å². The van der Waals surface area contributed by atoms with E-state index in [0.717, 1.165) is 23.5 Å². The molecule has 2 aromatic rings. The number of imidazole rings is 1. The maximum Gasteiger partial charge on any atom is 0.177 e. The van der Waals surface area contributed by atoms with Crippen LogP contribution in [0.1, 0.15) is 26.6 Å². The third kappa shape index (κ3) is 1.76. The van der Waals surface area contributed by atoms with Crippen LogP contribution in [0.5, 0.6) is 0 Å². The van der Waals surface area contributed by atoms with Gasteiger partial charge in [0.1, 0.15) is 5.82 Å². The van der Waals surface area contributed by atoms with Crippen molar-refractivity contribution in [1.29, 1.82) is 0 Å². The number of nitrogens with zero attached hydrogens (tertiary/aromatic N) is 3. The standard InChI is InChI=1S/C9H11N3.C2H6/c1-3-12-7(2)11-9-8(12)5-4-6-10-9;1-2/h4-6H,3H2,1-2H3;1-2H3. The average Bonchev–Trinajstić information content (AvgIpc) is 2.56. The number of fused-ring (bicyclic) bond motifs is 1. The second kappa shape index (κ2) is 4.74. The van der Waals surface area contributed by atoms with E-state index in [1.807, 2.05) is 32.9 Å². The van der Waals surface area contributed by atoms with E-state index in [9.17, 15) is 0 Å². The molecule has 0 N–H and O–H groups in total. The molecule has 0 saturated heterocycles. The highest BCUT2D eigenvalue weighted by Crippen LogP contribution is 2.11. The fourth-order valence-corrected chi connectivity index (χ4v) is 1.47. The van der Waals surface area contributed by atoms with Crippen molar-refractivity contribution in [2.45, 2.75) is 34.2 Å². The minimum atomic E-state index is 0.844. The number of rotatable bonds is 1. The number of aryl methyl sites for hydroxylation is 2. The molecular weight excluding hydrogens is 174 g/mol. The molecule has 0 aliphatic carbocycles. The summed E-state index contributed by atoms with van der Waals surface area (Å²) in [6.45, 7) is 9.07. The van der Waals surface area contributed by atoms with Crippen molar-refractivity contribution in [2.24, 2.45) is 0 Å². The molecule has 0 aliphatic rings. The second-order valence-corrected chi connectivity index (χ2v) is 2.75. The van der Waals surface area contributed by atoms with Crippen molar-refractivity contribution in [3.05, 3.63) is 24.2 Å². The number of hydrogen-bond donors (Lipinski definition) is 0. The third-order valence-electron chi connectivity index (χ3n) is 2.03. The van der Waals surface area contributed by atoms with Gasteiger partial charge < -0.3 is 4.57 Å². The van der Waals surface area contributed by atoms with Crippen LogP contribution in [0.15, 0.2) is 18.3 Å². The van der Waals surface area contributed by atoms with Gasteiger partial charge in [0.15, 0.2) is 5.65 Å². The van der Waals surface area contributed by atoms with Crippen molar-refractivity contribution in [3.8, 4) is 0 Å². The van der Waals surface area contributed by atoms with E-state index >= 15 is 0 Å². The number of hydrogen-bond acceptors (Lipinski definition) is 2. The lowest BCUT2D eigenvalue weighted by atomic mass is 10.4. The van der Waals surface area contributed by atoms with Gasteiger partial charge in [-0.15, -0.1) is 0 Å². The van der Waals surface area contributed by atoms with E-state index in [0.29, 0.717) is 0 Å². The molecule has 2 heterocycles. The summed E-state index contributed by atoms with van der Waals surface area (Å²) in [7, 11) is 0. The number of pyridine rings is 1. The van der Waals surface area contributed by atoms with Gasteiger partial charge in [0.25, 0.3) is 0 Å². The average molecular weight is 191 g/mol. The highest BCUT2D eigenvalue weighted by atomic mass is 15.1. The van der Waals surface area contributed by atoms with Crippen LogP contribution in [0.4, 0.5) is 0 Å². The van der Waals surface area contributed by atoms with Gasteiger partial charge in [-0.3, -0.25) is 0 Å². The summed E-state index contributed by atoms with van der Waals surface area (Å²) in [5.41, 5.74) is 1.97. The topological polar surface area (TPSA) is 30.7 Å². The van der Waals surface area contributed by atoms with Gasteiger partial charge in [-0.25, -0.2) is 9.97 Å². The summed E-state index contributed by atoms with van der Waals surface area (Å²) in [6, 6.07) is 3.99. The third-order valence-corrected chi connectivity index (χ3v) is 2.03. The van der Waals surface area contributed by atoms with Crippen LogP contribution in [-0.4, -0.2) is 14.5 Å². The van der Waals surface area contributed by atoms with E-state index in [4.69, 9.17) is 0 Å². The molecule has 0 amide bonds. The van der Waals surface area contributed by atoms with Gasteiger partial charge in [-0.1, -0.05) is 13.8 Å². The highest BCUT2D eigenvalue weighted by molar-refractivity contribution is 5.71. The van der Waals surface area contributed by atoms with Crippen LogP contribution in [0.25, 0.3) is 11.2 Å². The van der Waals surface area contributed by atoms with Crippen LogP contribution < -0.4 is 0 Å². The second-order valence-electron chi connectivity index (χ2n) is 2.75. The van der Waals surface area contributed by atoms with E-state index in [1.165, 1.54) is 0 Å². The first kappa shape index (κ1) is 10.7. The Balaban J connectivity index is 0.000000461. The molecule has 0 spiro atoms. The maximum absolute atomic E-state index is 4.34. The Labute approximate surface area is 84.8 Å². The van der Waals surface area contributed by atoms with Crippen molar-refractivity contribution in [3.63, 3.8) is 0 Å². The van der Waals surface area contributed by atoms with Gasteiger partial charge in [-0.2, -0.15) is 0 Å². The summed E-state index contributed by atoms with van der Waals surface area (Å²) < 4.78 is 2.16. The smallest absolute Gasteiger partial charge is 0.177 e. The van der Waals surface area contributed by atoms with Crippen LogP contribution in [0, 0.1) is 6.92 Å². The maximum atomic E-state index is 4.34. The first-order valence-corrected chi connectivity index (χ1v) is 5.10. The Bertz CT molecular complexity index is 404. The summed E-state index contributed by atoms with van der Waals surface area (Å²) in [4.78, 5) is 8.51. The molecule has 0 unspecified atom stereocenters. The molecule has 0 atom stereocenters. The molecule has 0 fully saturated rings. The van der Waals surface area contributed by atoms with Gasteiger partial charge in [-0.05, 0) is 26.0 Å². The molecule has 0 aromatic carbocycles. The predicted octanol–water partition coefficient (Wildman–Crippen LogP) is 2.79. The van der Waals surface area contributed by atoms with Crippen LogP contribution >= 0.6 is 0 Å².